The quantitative estimate of drug-likeness (QED) is 0.764. The van der Waals surface area contributed by atoms with E-state index in [1.54, 1.807) is 0 Å². The lowest BCUT2D eigenvalue weighted by molar-refractivity contribution is 0.0931. The molecule has 27 heavy (non-hydrogen) atoms. The summed E-state index contributed by atoms with van der Waals surface area (Å²) >= 11 is 0. The predicted molar refractivity (Wildman–Crippen MR) is 105 cm³/mol. The fourth-order valence-corrected chi connectivity index (χ4v) is 4.88. The van der Waals surface area contributed by atoms with Crippen molar-refractivity contribution in [2.45, 2.75) is 50.0 Å². The van der Waals surface area contributed by atoms with E-state index in [-0.39, 0.29) is 22.5 Å². The number of nitrogens with one attached hydrogen (secondary N) is 2. The molecule has 1 aromatic heterocycles. The predicted octanol–water partition coefficient (Wildman–Crippen LogP) is 2.94. The lowest BCUT2D eigenvalue weighted by atomic mass is 10.0. The maximum Gasteiger partial charge on any atom is 0.267 e. The van der Waals surface area contributed by atoms with Gasteiger partial charge in [0, 0.05) is 25.3 Å². The third kappa shape index (κ3) is 4.78. The average Bonchev–Trinajstić information content (AvgIpc) is 3.20. The second kappa shape index (κ2) is 8.71. The Labute approximate surface area is 161 Å². The molecule has 0 aliphatic carbocycles. The molecule has 2 N–H and O–H groups in total. The molecule has 1 aromatic carbocycles. The molecule has 2 aromatic rings. The van der Waals surface area contributed by atoms with E-state index in [1.165, 1.54) is 16.6 Å². The number of carbonyl (C=O) groups is 1. The standard InChI is InChI=1S/C20H27N3O3S/c1-2-17(13-16-9-5-3-6-10-16)22-20(24)19-14-18(15-21-19)27(25,26)23-11-7-4-8-12-23/h3,5-6,9-10,14-15,17,21H,2,4,7-8,11-13H2,1H3,(H,22,24)/t17-/m0/s1. The fourth-order valence-electron chi connectivity index (χ4n) is 3.37. The Hall–Kier alpha value is -2.12. The molecule has 3 rings (SSSR count). The normalized spacial score (nSPS) is 16.8. The van der Waals surface area contributed by atoms with E-state index < -0.39 is 10.0 Å². The molecule has 6 nitrogen and oxygen atoms in total. The van der Waals surface area contributed by atoms with Crippen molar-refractivity contribution in [3.05, 3.63) is 53.9 Å². The first-order valence-corrected chi connectivity index (χ1v) is 11.0. The minimum absolute atomic E-state index is 0.00893. The van der Waals surface area contributed by atoms with Gasteiger partial charge >= 0.3 is 0 Å². The number of carbonyl (C=O) groups excluding carboxylic acids is 1. The Bertz CT molecular complexity index is 856. The van der Waals surface area contributed by atoms with Crippen LogP contribution < -0.4 is 5.32 Å². The van der Waals surface area contributed by atoms with E-state index in [4.69, 9.17) is 0 Å². The van der Waals surface area contributed by atoms with Crippen LogP contribution in [0.5, 0.6) is 0 Å². The molecule has 1 aliphatic heterocycles. The molecule has 0 radical (unpaired) electrons. The highest BCUT2D eigenvalue weighted by atomic mass is 32.2. The van der Waals surface area contributed by atoms with Gasteiger partial charge in [-0.1, -0.05) is 43.7 Å². The summed E-state index contributed by atoms with van der Waals surface area (Å²) in [5.41, 5.74) is 1.43. The molecule has 1 fully saturated rings. The number of rotatable bonds is 7. The lowest BCUT2D eigenvalue weighted by Gasteiger charge is -2.25. The van der Waals surface area contributed by atoms with Gasteiger partial charge in [0.2, 0.25) is 10.0 Å². The van der Waals surface area contributed by atoms with Gasteiger partial charge in [0.15, 0.2) is 0 Å². The molecule has 1 amide bonds. The van der Waals surface area contributed by atoms with Gasteiger partial charge in [-0.25, -0.2) is 8.42 Å². The number of hydrogen-bond donors (Lipinski definition) is 2. The molecule has 2 heterocycles. The summed E-state index contributed by atoms with van der Waals surface area (Å²) in [7, 11) is -3.54. The van der Waals surface area contributed by atoms with Crippen LogP contribution in [-0.2, 0) is 16.4 Å². The fraction of sp³-hybridized carbons (Fsp3) is 0.450. The highest BCUT2D eigenvalue weighted by molar-refractivity contribution is 7.89. The van der Waals surface area contributed by atoms with Crippen molar-refractivity contribution in [2.24, 2.45) is 0 Å². The molecule has 146 valence electrons. The summed E-state index contributed by atoms with van der Waals surface area (Å²) in [4.78, 5) is 15.6. The van der Waals surface area contributed by atoms with E-state index in [1.807, 2.05) is 37.3 Å². The van der Waals surface area contributed by atoms with Gasteiger partial charge in [0.25, 0.3) is 5.91 Å². The second-order valence-electron chi connectivity index (χ2n) is 6.98. The van der Waals surface area contributed by atoms with Crippen LogP contribution in [0.2, 0.25) is 0 Å². The maximum atomic E-state index is 12.7. The van der Waals surface area contributed by atoms with E-state index in [9.17, 15) is 13.2 Å². The minimum atomic E-state index is -3.54. The monoisotopic (exact) mass is 389 g/mol. The van der Waals surface area contributed by atoms with Gasteiger partial charge in [-0.2, -0.15) is 4.31 Å². The average molecular weight is 390 g/mol. The van der Waals surface area contributed by atoms with E-state index >= 15 is 0 Å². The van der Waals surface area contributed by atoms with Crippen molar-refractivity contribution >= 4 is 15.9 Å². The number of nitrogens with zero attached hydrogens (tertiary/aromatic N) is 1. The third-order valence-electron chi connectivity index (χ3n) is 5.01. The number of sulfonamides is 1. The van der Waals surface area contributed by atoms with Crippen LogP contribution in [0.3, 0.4) is 0 Å². The van der Waals surface area contributed by atoms with Crippen LogP contribution in [0.15, 0.2) is 47.5 Å². The summed E-state index contributed by atoms with van der Waals surface area (Å²) in [6.45, 7) is 3.11. The zero-order valence-electron chi connectivity index (χ0n) is 15.6. The van der Waals surface area contributed by atoms with Crippen LogP contribution in [0, 0.1) is 0 Å². The summed E-state index contributed by atoms with van der Waals surface area (Å²) in [6, 6.07) is 11.4. The van der Waals surface area contributed by atoms with Gasteiger partial charge in [0.05, 0.1) is 0 Å². The molecule has 0 spiro atoms. The highest BCUT2D eigenvalue weighted by Gasteiger charge is 2.27. The first kappa shape index (κ1) is 19.6. The van der Waals surface area contributed by atoms with Crippen LogP contribution in [-0.4, -0.2) is 42.7 Å². The first-order chi connectivity index (χ1) is 13.0. The summed E-state index contributed by atoms with van der Waals surface area (Å²) < 4.78 is 26.9. The molecule has 0 unspecified atom stereocenters. The first-order valence-electron chi connectivity index (χ1n) is 9.54. The minimum Gasteiger partial charge on any atom is -0.356 e. The molecule has 1 aliphatic rings. The van der Waals surface area contributed by atoms with Crippen LogP contribution in [0.4, 0.5) is 0 Å². The maximum absolute atomic E-state index is 12.7. The molecule has 1 saturated heterocycles. The van der Waals surface area contributed by atoms with Crippen molar-refractivity contribution in [3.63, 3.8) is 0 Å². The zero-order chi connectivity index (χ0) is 19.3. The summed E-state index contributed by atoms with van der Waals surface area (Å²) in [6.07, 6.45) is 5.77. The molecule has 1 atom stereocenters. The summed E-state index contributed by atoms with van der Waals surface area (Å²) in [5, 5.41) is 3.00. The Kier molecular flexibility index (Phi) is 6.34. The number of piperidine rings is 1. The molecular weight excluding hydrogens is 362 g/mol. The Balaban J connectivity index is 1.67. The Morgan fingerprint density at radius 2 is 1.89 bits per heavy atom. The van der Waals surface area contributed by atoms with Gasteiger partial charge < -0.3 is 10.3 Å². The number of hydrogen-bond acceptors (Lipinski definition) is 3. The van der Waals surface area contributed by atoms with Crippen molar-refractivity contribution in [3.8, 4) is 0 Å². The van der Waals surface area contributed by atoms with E-state index in [0.29, 0.717) is 13.1 Å². The second-order valence-corrected chi connectivity index (χ2v) is 8.92. The SMILES string of the molecule is CC[C@@H](Cc1ccccc1)NC(=O)c1cc(S(=O)(=O)N2CCCCC2)c[nH]1. The van der Waals surface area contributed by atoms with Gasteiger partial charge in [-0.05, 0) is 37.3 Å². The number of benzene rings is 1. The number of amides is 1. The Morgan fingerprint density at radius 1 is 1.19 bits per heavy atom. The van der Waals surface area contributed by atoms with Crippen molar-refractivity contribution in [1.82, 2.24) is 14.6 Å². The topological polar surface area (TPSA) is 82.3 Å². The zero-order valence-corrected chi connectivity index (χ0v) is 16.5. The van der Waals surface area contributed by atoms with Crippen molar-refractivity contribution < 1.29 is 13.2 Å². The smallest absolute Gasteiger partial charge is 0.267 e. The van der Waals surface area contributed by atoms with Gasteiger partial charge in [-0.3, -0.25) is 4.79 Å². The van der Waals surface area contributed by atoms with Gasteiger partial charge in [0.1, 0.15) is 10.6 Å². The van der Waals surface area contributed by atoms with Crippen LogP contribution in [0.25, 0.3) is 0 Å². The van der Waals surface area contributed by atoms with Crippen molar-refractivity contribution in [2.75, 3.05) is 13.1 Å². The molecule has 7 heteroatoms. The molecule has 0 bridgehead atoms. The van der Waals surface area contributed by atoms with Crippen LogP contribution in [0.1, 0.15) is 48.7 Å². The number of aromatic amines is 1. The van der Waals surface area contributed by atoms with Crippen molar-refractivity contribution in [1.29, 1.82) is 0 Å². The van der Waals surface area contributed by atoms with E-state index in [2.05, 4.69) is 10.3 Å². The third-order valence-corrected chi connectivity index (χ3v) is 6.88. The summed E-state index contributed by atoms with van der Waals surface area (Å²) in [5.74, 6) is -0.280. The number of aromatic nitrogens is 1. The largest absolute Gasteiger partial charge is 0.356 e. The van der Waals surface area contributed by atoms with Gasteiger partial charge in [-0.15, -0.1) is 0 Å². The van der Waals surface area contributed by atoms with Crippen LogP contribution >= 0.6 is 0 Å². The van der Waals surface area contributed by atoms with E-state index in [0.717, 1.165) is 37.7 Å². The highest BCUT2D eigenvalue weighted by Crippen LogP contribution is 2.21. The number of H-pyrrole nitrogens is 1. The molecular formula is C20H27N3O3S. The lowest BCUT2D eigenvalue weighted by Crippen LogP contribution is -2.36. The molecule has 0 saturated carbocycles. The Morgan fingerprint density at radius 3 is 2.56 bits per heavy atom.